The second-order valence-corrected chi connectivity index (χ2v) is 5.49. The average molecular weight is 227 g/mol. The lowest BCUT2D eigenvalue weighted by atomic mass is 9.80. The van der Waals surface area contributed by atoms with Crippen molar-refractivity contribution >= 4 is 0 Å². The maximum Gasteiger partial charge on any atom is 0.0700 e. The zero-order valence-electron chi connectivity index (χ0n) is 10.5. The monoisotopic (exact) mass is 227 g/mol. The Kier molecular flexibility index (Phi) is 3.88. The second kappa shape index (κ2) is 5.03. The van der Waals surface area contributed by atoms with Crippen LogP contribution in [0.3, 0.4) is 0 Å². The summed E-state index contributed by atoms with van der Waals surface area (Å²) < 4.78 is 5.56. The van der Waals surface area contributed by atoms with E-state index in [2.05, 4.69) is 19.2 Å². The molecular formula is C13H25NO2. The van der Waals surface area contributed by atoms with Crippen LogP contribution in [0.1, 0.15) is 52.4 Å². The van der Waals surface area contributed by atoms with Crippen molar-refractivity contribution in [2.24, 2.45) is 0 Å². The quantitative estimate of drug-likeness (QED) is 0.773. The SMILES string of the molecule is CCC1(O)CCC(NC2CCOC2C)CC1. The van der Waals surface area contributed by atoms with Gasteiger partial charge in [0.15, 0.2) is 0 Å². The molecule has 1 aliphatic carbocycles. The Morgan fingerprint density at radius 2 is 2.00 bits per heavy atom. The lowest BCUT2D eigenvalue weighted by Crippen LogP contribution is -2.46. The van der Waals surface area contributed by atoms with Crippen LogP contribution in [0.5, 0.6) is 0 Å². The van der Waals surface area contributed by atoms with Crippen LogP contribution in [0.25, 0.3) is 0 Å². The van der Waals surface area contributed by atoms with E-state index < -0.39 is 0 Å². The molecule has 2 rings (SSSR count). The van der Waals surface area contributed by atoms with Gasteiger partial charge in [0.2, 0.25) is 0 Å². The van der Waals surface area contributed by atoms with E-state index in [4.69, 9.17) is 4.74 Å². The number of hydrogen-bond acceptors (Lipinski definition) is 3. The fourth-order valence-corrected chi connectivity index (χ4v) is 2.93. The molecule has 1 heterocycles. The first-order valence-corrected chi connectivity index (χ1v) is 6.73. The van der Waals surface area contributed by atoms with Gasteiger partial charge in [-0.3, -0.25) is 0 Å². The van der Waals surface area contributed by atoms with E-state index in [1.165, 1.54) is 0 Å². The minimum atomic E-state index is -0.379. The first-order chi connectivity index (χ1) is 7.63. The van der Waals surface area contributed by atoms with Crippen LogP contribution in [0.4, 0.5) is 0 Å². The smallest absolute Gasteiger partial charge is 0.0700 e. The second-order valence-electron chi connectivity index (χ2n) is 5.49. The van der Waals surface area contributed by atoms with Crippen molar-refractivity contribution in [2.45, 2.75) is 76.2 Å². The molecule has 0 aromatic carbocycles. The summed E-state index contributed by atoms with van der Waals surface area (Å²) in [5.74, 6) is 0. The summed E-state index contributed by atoms with van der Waals surface area (Å²) in [5, 5.41) is 13.9. The summed E-state index contributed by atoms with van der Waals surface area (Å²) in [4.78, 5) is 0. The number of aliphatic hydroxyl groups is 1. The average Bonchev–Trinajstić information content (AvgIpc) is 2.68. The molecule has 0 amide bonds. The number of ether oxygens (including phenoxy) is 1. The van der Waals surface area contributed by atoms with Crippen LogP contribution in [0.15, 0.2) is 0 Å². The van der Waals surface area contributed by atoms with Crippen molar-refractivity contribution < 1.29 is 9.84 Å². The maximum absolute atomic E-state index is 10.2. The van der Waals surface area contributed by atoms with Crippen LogP contribution in [-0.2, 0) is 4.74 Å². The van der Waals surface area contributed by atoms with Gasteiger partial charge >= 0.3 is 0 Å². The molecule has 3 nitrogen and oxygen atoms in total. The van der Waals surface area contributed by atoms with Crippen LogP contribution in [0, 0.1) is 0 Å². The third-order valence-electron chi connectivity index (χ3n) is 4.40. The highest BCUT2D eigenvalue weighted by atomic mass is 16.5. The van der Waals surface area contributed by atoms with Gasteiger partial charge < -0.3 is 15.2 Å². The van der Waals surface area contributed by atoms with E-state index in [9.17, 15) is 5.11 Å². The molecule has 1 saturated carbocycles. The van der Waals surface area contributed by atoms with Gasteiger partial charge in [0.05, 0.1) is 11.7 Å². The van der Waals surface area contributed by atoms with Crippen molar-refractivity contribution in [1.82, 2.24) is 5.32 Å². The minimum absolute atomic E-state index is 0.354. The lowest BCUT2D eigenvalue weighted by Gasteiger charge is -2.37. The molecule has 2 unspecified atom stereocenters. The van der Waals surface area contributed by atoms with Gasteiger partial charge in [-0.05, 0) is 45.4 Å². The zero-order valence-corrected chi connectivity index (χ0v) is 10.5. The fourth-order valence-electron chi connectivity index (χ4n) is 2.93. The molecule has 0 aromatic heterocycles. The number of nitrogens with one attached hydrogen (secondary N) is 1. The Balaban J connectivity index is 1.77. The standard InChI is InChI=1S/C13H25NO2/c1-3-13(15)7-4-11(5-8-13)14-12-6-9-16-10(12)2/h10-12,14-15H,3-9H2,1-2H3. The molecule has 2 aliphatic rings. The molecule has 0 radical (unpaired) electrons. The molecule has 16 heavy (non-hydrogen) atoms. The Morgan fingerprint density at radius 3 is 2.50 bits per heavy atom. The summed E-state index contributed by atoms with van der Waals surface area (Å²) in [6.07, 6.45) is 6.48. The van der Waals surface area contributed by atoms with Crippen molar-refractivity contribution in [3.63, 3.8) is 0 Å². The molecule has 1 aliphatic heterocycles. The topological polar surface area (TPSA) is 41.5 Å². The van der Waals surface area contributed by atoms with Gasteiger partial charge in [-0.25, -0.2) is 0 Å². The van der Waals surface area contributed by atoms with Gasteiger partial charge in [-0.2, -0.15) is 0 Å². The molecule has 3 heteroatoms. The van der Waals surface area contributed by atoms with Crippen LogP contribution >= 0.6 is 0 Å². The van der Waals surface area contributed by atoms with Gasteiger partial charge in [0, 0.05) is 18.7 Å². The number of hydrogen-bond donors (Lipinski definition) is 2. The molecule has 2 N–H and O–H groups in total. The van der Waals surface area contributed by atoms with Crippen molar-refractivity contribution in [3.05, 3.63) is 0 Å². The van der Waals surface area contributed by atoms with Crippen molar-refractivity contribution in [3.8, 4) is 0 Å². The summed E-state index contributed by atoms with van der Waals surface area (Å²) in [6.45, 7) is 5.13. The van der Waals surface area contributed by atoms with Crippen molar-refractivity contribution in [1.29, 1.82) is 0 Å². The highest BCUT2D eigenvalue weighted by Crippen LogP contribution is 2.31. The van der Waals surface area contributed by atoms with Crippen LogP contribution in [-0.4, -0.2) is 35.5 Å². The highest BCUT2D eigenvalue weighted by Gasteiger charge is 2.33. The van der Waals surface area contributed by atoms with E-state index in [1.807, 2.05) is 0 Å². The lowest BCUT2D eigenvalue weighted by molar-refractivity contribution is -0.00871. The molecule has 0 aromatic rings. The maximum atomic E-state index is 10.2. The van der Waals surface area contributed by atoms with Gasteiger partial charge in [-0.15, -0.1) is 0 Å². The Hall–Kier alpha value is -0.120. The molecule has 0 bridgehead atoms. The molecular weight excluding hydrogens is 202 g/mol. The van der Waals surface area contributed by atoms with E-state index in [0.717, 1.165) is 45.1 Å². The Bertz CT molecular complexity index is 224. The third-order valence-corrected chi connectivity index (χ3v) is 4.40. The summed E-state index contributed by atoms with van der Waals surface area (Å²) in [7, 11) is 0. The fraction of sp³-hybridized carbons (Fsp3) is 1.00. The molecule has 2 fully saturated rings. The predicted molar refractivity (Wildman–Crippen MR) is 64.5 cm³/mol. The van der Waals surface area contributed by atoms with Crippen molar-refractivity contribution in [2.75, 3.05) is 6.61 Å². The molecule has 0 spiro atoms. The first-order valence-electron chi connectivity index (χ1n) is 6.73. The summed E-state index contributed by atoms with van der Waals surface area (Å²) in [6, 6.07) is 1.11. The minimum Gasteiger partial charge on any atom is -0.390 e. The van der Waals surface area contributed by atoms with Gasteiger partial charge in [0.1, 0.15) is 0 Å². The van der Waals surface area contributed by atoms with E-state index in [0.29, 0.717) is 18.2 Å². The van der Waals surface area contributed by atoms with E-state index in [1.54, 1.807) is 0 Å². The van der Waals surface area contributed by atoms with Crippen LogP contribution in [0.2, 0.25) is 0 Å². The van der Waals surface area contributed by atoms with E-state index >= 15 is 0 Å². The Morgan fingerprint density at radius 1 is 1.31 bits per heavy atom. The van der Waals surface area contributed by atoms with Gasteiger partial charge in [-0.1, -0.05) is 6.92 Å². The highest BCUT2D eigenvalue weighted by molar-refractivity contribution is 4.90. The third kappa shape index (κ3) is 2.76. The zero-order chi connectivity index (χ0) is 11.6. The number of rotatable bonds is 3. The Labute approximate surface area is 98.6 Å². The molecule has 2 atom stereocenters. The normalized spacial score (nSPS) is 44.8. The molecule has 1 saturated heterocycles. The molecule has 94 valence electrons. The van der Waals surface area contributed by atoms with Gasteiger partial charge in [0.25, 0.3) is 0 Å². The van der Waals surface area contributed by atoms with E-state index in [-0.39, 0.29) is 5.60 Å². The largest absolute Gasteiger partial charge is 0.390 e. The first kappa shape index (κ1) is 12.3. The summed E-state index contributed by atoms with van der Waals surface area (Å²) in [5.41, 5.74) is -0.379. The van der Waals surface area contributed by atoms with Crippen LogP contribution < -0.4 is 5.32 Å². The summed E-state index contributed by atoms with van der Waals surface area (Å²) >= 11 is 0. The predicted octanol–water partition coefficient (Wildman–Crippen LogP) is 1.84.